The molecule has 27 heavy (non-hydrogen) atoms. The average Bonchev–Trinajstić information content (AvgIpc) is 3.08. The molecule has 2 aromatic rings. The number of carbonyl (C=O) groups is 3. The van der Waals surface area contributed by atoms with E-state index in [1.165, 1.54) is 7.11 Å². The highest BCUT2D eigenvalue weighted by atomic mass is 79.9. The van der Waals surface area contributed by atoms with E-state index >= 15 is 0 Å². The molecule has 0 aromatic heterocycles. The second kappa shape index (κ2) is 8.35. The summed E-state index contributed by atoms with van der Waals surface area (Å²) in [7, 11) is 1.51. The van der Waals surface area contributed by atoms with Gasteiger partial charge in [-0.15, -0.1) is 0 Å². The van der Waals surface area contributed by atoms with Gasteiger partial charge >= 0.3 is 5.97 Å². The summed E-state index contributed by atoms with van der Waals surface area (Å²) in [5, 5.41) is 0. The zero-order valence-electron chi connectivity index (χ0n) is 14.7. The highest BCUT2D eigenvalue weighted by molar-refractivity contribution is 9.10. The molecule has 0 bridgehead atoms. The summed E-state index contributed by atoms with van der Waals surface area (Å²) in [5.41, 5.74) is 1.13. The van der Waals surface area contributed by atoms with Crippen LogP contribution >= 0.6 is 15.9 Å². The van der Waals surface area contributed by atoms with Crippen molar-refractivity contribution in [2.45, 2.75) is 6.42 Å². The zero-order valence-corrected chi connectivity index (χ0v) is 16.3. The van der Waals surface area contributed by atoms with Crippen LogP contribution < -0.4 is 9.64 Å². The second-order valence-electron chi connectivity index (χ2n) is 6.14. The number of ether oxygens (including phenoxy) is 2. The number of hydrogen-bond donors (Lipinski definition) is 0. The van der Waals surface area contributed by atoms with Gasteiger partial charge in [0.1, 0.15) is 5.75 Å². The number of Topliss-reactive ketones (excluding diaryl/α,β-unsaturated/α-hetero) is 1. The molecule has 1 heterocycles. The third-order valence-electron chi connectivity index (χ3n) is 4.33. The Morgan fingerprint density at radius 3 is 2.63 bits per heavy atom. The van der Waals surface area contributed by atoms with Gasteiger partial charge in [-0.25, -0.2) is 0 Å². The molecule has 1 aliphatic heterocycles. The number of nitrogens with zero attached hydrogens (tertiary/aromatic N) is 1. The van der Waals surface area contributed by atoms with Crippen LogP contribution in [0.1, 0.15) is 16.8 Å². The fraction of sp³-hybridized carbons (Fsp3) is 0.250. The third-order valence-corrected chi connectivity index (χ3v) is 4.86. The summed E-state index contributed by atoms with van der Waals surface area (Å²) in [4.78, 5) is 38.3. The Balaban J connectivity index is 1.57. The van der Waals surface area contributed by atoms with Crippen LogP contribution in [0.5, 0.6) is 5.75 Å². The molecule has 0 aliphatic carbocycles. The highest BCUT2D eigenvalue weighted by Crippen LogP contribution is 2.27. The molecule has 1 atom stereocenters. The minimum atomic E-state index is -0.584. The monoisotopic (exact) mass is 431 g/mol. The molecular formula is C20H18BrNO5. The molecule has 1 aliphatic rings. The van der Waals surface area contributed by atoms with Crippen molar-refractivity contribution >= 4 is 39.3 Å². The fourth-order valence-electron chi connectivity index (χ4n) is 2.87. The van der Waals surface area contributed by atoms with Gasteiger partial charge in [0.15, 0.2) is 12.4 Å². The van der Waals surface area contributed by atoms with Crippen LogP contribution in [0.2, 0.25) is 0 Å². The van der Waals surface area contributed by atoms with Crippen molar-refractivity contribution < 1.29 is 23.9 Å². The van der Waals surface area contributed by atoms with Gasteiger partial charge in [0.2, 0.25) is 5.91 Å². The largest absolute Gasteiger partial charge is 0.497 e. The molecule has 0 unspecified atom stereocenters. The predicted molar refractivity (Wildman–Crippen MR) is 103 cm³/mol. The van der Waals surface area contributed by atoms with Crippen molar-refractivity contribution in [2.75, 3.05) is 25.2 Å². The third kappa shape index (κ3) is 4.54. The number of methoxy groups -OCH3 is 1. The summed E-state index contributed by atoms with van der Waals surface area (Å²) in [6.07, 6.45) is 0.0717. The first-order chi connectivity index (χ1) is 13.0. The quantitative estimate of drug-likeness (QED) is 0.518. The van der Waals surface area contributed by atoms with Crippen LogP contribution in [-0.4, -0.2) is 37.9 Å². The fourth-order valence-corrected chi connectivity index (χ4v) is 3.13. The molecule has 0 N–H and O–H groups in total. The molecule has 140 valence electrons. The van der Waals surface area contributed by atoms with E-state index < -0.39 is 11.9 Å². The summed E-state index contributed by atoms with van der Waals surface area (Å²) in [5.74, 6) is -1.04. The van der Waals surface area contributed by atoms with Gasteiger partial charge in [-0.2, -0.15) is 0 Å². The van der Waals surface area contributed by atoms with Crippen molar-refractivity contribution in [3.05, 3.63) is 58.6 Å². The number of carbonyl (C=O) groups excluding carboxylic acids is 3. The molecule has 1 amide bonds. The maximum atomic E-state index is 12.3. The summed E-state index contributed by atoms with van der Waals surface area (Å²) in [6.45, 7) is -0.123. The zero-order chi connectivity index (χ0) is 19.4. The maximum Gasteiger partial charge on any atom is 0.311 e. The Hall–Kier alpha value is -2.67. The lowest BCUT2D eigenvalue weighted by Crippen LogP contribution is -2.27. The van der Waals surface area contributed by atoms with Crippen LogP contribution in [0.4, 0.5) is 5.69 Å². The highest BCUT2D eigenvalue weighted by Gasteiger charge is 2.36. The summed E-state index contributed by atoms with van der Waals surface area (Å²) >= 11 is 3.35. The first kappa shape index (κ1) is 19.1. The van der Waals surface area contributed by atoms with Crippen molar-refractivity contribution in [1.29, 1.82) is 0 Å². The topological polar surface area (TPSA) is 72.9 Å². The van der Waals surface area contributed by atoms with Crippen LogP contribution in [-0.2, 0) is 14.3 Å². The standard InChI is InChI=1S/C20H18BrNO5/c1-26-17-4-2-3-13(9-17)18(23)12-27-20(25)14-10-19(24)22(11-14)16-7-5-15(21)6-8-16/h2-9,14H,10-12H2,1H3/t14-/m1/s1. The molecule has 6 nitrogen and oxygen atoms in total. The molecule has 3 rings (SSSR count). The number of rotatable bonds is 6. The summed E-state index contributed by atoms with van der Waals surface area (Å²) in [6, 6.07) is 13.9. The van der Waals surface area contributed by atoms with Crippen molar-refractivity contribution in [3.8, 4) is 5.75 Å². The van der Waals surface area contributed by atoms with Gasteiger partial charge in [0, 0.05) is 28.7 Å². The predicted octanol–water partition coefficient (Wildman–Crippen LogP) is 3.24. The second-order valence-corrected chi connectivity index (χ2v) is 7.06. The number of halogens is 1. The van der Waals surface area contributed by atoms with E-state index in [1.54, 1.807) is 29.2 Å². The van der Waals surface area contributed by atoms with Crippen LogP contribution in [0, 0.1) is 5.92 Å². The van der Waals surface area contributed by atoms with Gasteiger partial charge in [0.05, 0.1) is 13.0 Å². The lowest BCUT2D eigenvalue weighted by atomic mass is 10.1. The lowest BCUT2D eigenvalue weighted by Gasteiger charge is -2.16. The first-order valence-corrected chi connectivity index (χ1v) is 9.17. The smallest absolute Gasteiger partial charge is 0.311 e. The Labute approximate surface area is 165 Å². The molecule has 1 saturated heterocycles. The number of hydrogen-bond acceptors (Lipinski definition) is 5. The van der Waals surface area contributed by atoms with E-state index in [0.29, 0.717) is 11.3 Å². The van der Waals surface area contributed by atoms with E-state index in [1.807, 2.05) is 24.3 Å². The van der Waals surface area contributed by atoms with Crippen molar-refractivity contribution in [2.24, 2.45) is 5.92 Å². The first-order valence-electron chi connectivity index (χ1n) is 8.37. The van der Waals surface area contributed by atoms with Gasteiger partial charge in [0.25, 0.3) is 0 Å². The molecular weight excluding hydrogens is 414 g/mol. The van der Waals surface area contributed by atoms with Gasteiger partial charge < -0.3 is 14.4 Å². The maximum absolute atomic E-state index is 12.3. The van der Waals surface area contributed by atoms with E-state index in [-0.39, 0.29) is 31.3 Å². The van der Waals surface area contributed by atoms with Gasteiger partial charge in [-0.1, -0.05) is 28.1 Å². The molecule has 0 spiro atoms. The minimum absolute atomic E-state index is 0.0717. The van der Waals surface area contributed by atoms with E-state index in [9.17, 15) is 14.4 Å². The van der Waals surface area contributed by atoms with Crippen molar-refractivity contribution in [3.63, 3.8) is 0 Å². The van der Waals surface area contributed by atoms with Gasteiger partial charge in [-0.3, -0.25) is 14.4 Å². The lowest BCUT2D eigenvalue weighted by molar-refractivity contribution is -0.147. The van der Waals surface area contributed by atoms with E-state index in [0.717, 1.165) is 10.2 Å². The Bertz CT molecular complexity index is 865. The average molecular weight is 432 g/mol. The Morgan fingerprint density at radius 2 is 1.93 bits per heavy atom. The molecule has 0 radical (unpaired) electrons. The molecule has 0 saturated carbocycles. The van der Waals surface area contributed by atoms with E-state index in [4.69, 9.17) is 9.47 Å². The molecule has 1 fully saturated rings. The van der Waals surface area contributed by atoms with Crippen LogP contribution in [0.25, 0.3) is 0 Å². The van der Waals surface area contributed by atoms with E-state index in [2.05, 4.69) is 15.9 Å². The number of ketones is 1. The van der Waals surface area contributed by atoms with Crippen LogP contribution in [0.3, 0.4) is 0 Å². The molecule has 7 heteroatoms. The Kier molecular flexibility index (Phi) is 5.91. The minimum Gasteiger partial charge on any atom is -0.497 e. The summed E-state index contributed by atoms with van der Waals surface area (Å²) < 4.78 is 11.1. The number of anilines is 1. The van der Waals surface area contributed by atoms with Gasteiger partial charge in [-0.05, 0) is 36.4 Å². The number of benzene rings is 2. The Morgan fingerprint density at radius 1 is 1.19 bits per heavy atom. The van der Waals surface area contributed by atoms with Crippen molar-refractivity contribution in [1.82, 2.24) is 0 Å². The normalized spacial score (nSPS) is 16.3. The number of esters is 1. The SMILES string of the molecule is COc1cccc(C(=O)COC(=O)[C@@H]2CC(=O)N(c3ccc(Br)cc3)C2)c1. The number of amides is 1. The van der Waals surface area contributed by atoms with Crippen LogP contribution in [0.15, 0.2) is 53.0 Å². The molecule has 2 aromatic carbocycles.